The van der Waals surface area contributed by atoms with Gasteiger partial charge in [0.25, 0.3) is 0 Å². The Morgan fingerprint density at radius 2 is 2.00 bits per heavy atom. The number of halogens is 1. The van der Waals surface area contributed by atoms with Gasteiger partial charge in [-0.3, -0.25) is 0 Å². The van der Waals surface area contributed by atoms with Gasteiger partial charge >= 0.3 is 5.97 Å². The van der Waals surface area contributed by atoms with Gasteiger partial charge in [0.1, 0.15) is 0 Å². The smallest absolute Gasteiger partial charge is 0.335 e. The number of oxime groups is 1. The Hall–Kier alpha value is -2.37. The van der Waals surface area contributed by atoms with Crippen molar-refractivity contribution < 1.29 is 19.1 Å². The number of hydrogen-bond acceptors (Lipinski definition) is 5. The minimum absolute atomic E-state index is 0.119. The molecule has 1 aliphatic rings. The Morgan fingerprint density at radius 3 is 2.71 bits per heavy atom. The maximum atomic E-state index is 12.1. The van der Waals surface area contributed by atoms with Crippen LogP contribution >= 0.6 is 11.6 Å². The van der Waals surface area contributed by atoms with E-state index in [1.807, 2.05) is 55.5 Å². The second-order valence-electron chi connectivity index (χ2n) is 6.49. The summed E-state index contributed by atoms with van der Waals surface area (Å²) >= 11 is 5.95. The summed E-state index contributed by atoms with van der Waals surface area (Å²) in [5, 5.41) is 4.96. The maximum absolute atomic E-state index is 12.1. The minimum atomic E-state index is -0.608. The molecule has 6 heteroatoms. The van der Waals surface area contributed by atoms with Crippen molar-refractivity contribution in [3.8, 4) is 0 Å². The van der Waals surface area contributed by atoms with Crippen molar-refractivity contribution in [1.82, 2.24) is 0 Å². The molecule has 0 fully saturated rings. The molecule has 0 aromatic heterocycles. The van der Waals surface area contributed by atoms with Crippen molar-refractivity contribution in [3.05, 3.63) is 70.2 Å². The quantitative estimate of drug-likeness (QED) is 0.601. The molecule has 1 unspecified atom stereocenters. The number of hydrogen-bond donors (Lipinski definition) is 0. The fraction of sp³-hybridized carbons (Fsp3) is 0.364. The van der Waals surface area contributed by atoms with Crippen LogP contribution in [0.3, 0.4) is 0 Å². The SMILES string of the molecule is CCOC(=O)[C@H](Cc1cccc(C2=NOC(c3ccc(Cl)cc3)C2)c1)OCC. The van der Waals surface area contributed by atoms with Gasteiger partial charge in [0.2, 0.25) is 0 Å². The summed E-state index contributed by atoms with van der Waals surface area (Å²) in [6.07, 6.45) is 0.406. The predicted octanol–water partition coefficient (Wildman–Crippen LogP) is 4.72. The largest absolute Gasteiger partial charge is 0.464 e. The summed E-state index contributed by atoms with van der Waals surface area (Å²) in [6, 6.07) is 15.6. The Balaban J connectivity index is 1.69. The Morgan fingerprint density at radius 1 is 1.21 bits per heavy atom. The summed E-state index contributed by atoms with van der Waals surface area (Å²) in [6.45, 7) is 4.44. The highest BCUT2D eigenvalue weighted by Crippen LogP contribution is 2.30. The van der Waals surface area contributed by atoms with E-state index in [2.05, 4.69) is 5.16 Å². The molecule has 3 rings (SSSR count). The van der Waals surface area contributed by atoms with E-state index in [0.717, 1.165) is 22.4 Å². The molecule has 0 bridgehead atoms. The number of carbonyl (C=O) groups excluding carboxylic acids is 1. The maximum Gasteiger partial charge on any atom is 0.335 e. The number of carbonyl (C=O) groups is 1. The molecule has 0 saturated heterocycles. The van der Waals surface area contributed by atoms with Crippen molar-refractivity contribution in [3.63, 3.8) is 0 Å². The lowest BCUT2D eigenvalue weighted by atomic mass is 9.97. The Kier molecular flexibility index (Phi) is 7.06. The van der Waals surface area contributed by atoms with Crippen LogP contribution in [-0.2, 0) is 25.5 Å². The van der Waals surface area contributed by atoms with Crippen LogP contribution < -0.4 is 0 Å². The van der Waals surface area contributed by atoms with Crippen LogP contribution in [0.4, 0.5) is 0 Å². The molecule has 1 heterocycles. The number of benzene rings is 2. The molecular formula is C22H24ClNO4. The normalized spacial score (nSPS) is 17.0. The molecule has 2 atom stereocenters. The van der Waals surface area contributed by atoms with Gasteiger partial charge in [-0.15, -0.1) is 0 Å². The first-order chi connectivity index (χ1) is 13.6. The van der Waals surface area contributed by atoms with Gasteiger partial charge in [0.15, 0.2) is 12.2 Å². The van der Waals surface area contributed by atoms with E-state index >= 15 is 0 Å². The van der Waals surface area contributed by atoms with Crippen LogP contribution in [0.1, 0.15) is 43.1 Å². The number of nitrogens with zero attached hydrogens (tertiary/aromatic N) is 1. The van der Waals surface area contributed by atoms with Crippen molar-refractivity contribution in [2.75, 3.05) is 13.2 Å². The summed E-state index contributed by atoms with van der Waals surface area (Å²) in [4.78, 5) is 17.7. The molecule has 5 nitrogen and oxygen atoms in total. The van der Waals surface area contributed by atoms with Crippen molar-refractivity contribution in [1.29, 1.82) is 0 Å². The van der Waals surface area contributed by atoms with Crippen LogP contribution in [0.15, 0.2) is 53.7 Å². The number of ether oxygens (including phenoxy) is 2. The lowest BCUT2D eigenvalue weighted by molar-refractivity contribution is -0.156. The molecule has 1 aliphatic heterocycles. The molecule has 2 aromatic rings. The zero-order valence-corrected chi connectivity index (χ0v) is 16.8. The van der Waals surface area contributed by atoms with E-state index in [0.29, 0.717) is 31.1 Å². The molecule has 0 spiro atoms. The highest BCUT2D eigenvalue weighted by Gasteiger charge is 2.25. The van der Waals surface area contributed by atoms with Crippen LogP contribution in [0.5, 0.6) is 0 Å². The fourth-order valence-electron chi connectivity index (χ4n) is 3.14. The zero-order valence-electron chi connectivity index (χ0n) is 16.1. The van der Waals surface area contributed by atoms with E-state index in [1.54, 1.807) is 6.92 Å². The average Bonchev–Trinajstić information content (AvgIpc) is 3.19. The molecule has 0 radical (unpaired) electrons. The van der Waals surface area contributed by atoms with Gasteiger partial charge in [-0.2, -0.15) is 0 Å². The third-order valence-corrected chi connectivity index (χ3v) is 4.76. The lowest BCUT2D eigenvalue weighted by Crippen LogP contribution is -2.29. The lowest BCUT2D eigenvalue weighted by Gasteiger charge is -2.16. The van der Waals surface area contributed by atoms with Crippen LogP contribution in [0, 0.1) is 0 Å². The highest BCUT2D eigenvalue weighted by atomic mass is 35.5. The molecule has 0 saturated carbocycles. The average molecular weight is 402 g/mol. The summed E-state index contributed by atoms with van der Waals surface area (Å²) < 4.78 is 10.7. The van der Waals surface area contributed by atoms with Crippen LogP contribution in [0.25, 0.3) is 0 Å². The van der Waals surface area contributed by atoms with Crippen molar-refractivity contribution >= 4 is 23.3 Å². The van der Waals surface area contributed by atoms with Gasteiger partial charge in [-0.25, -0.2) is 4.79 Å². The highest BCUT2D eigenvalue weighted by molar-refractivity contribution is 6.30. The molecular weight excluding hydrogens is 378 g/mol. The van der Waals surface area contributed by atoms with Gasteiger partial charge < -0.3 is 14.3 Å². The standard InChI is InChI=1S/C22H24ClNO4/c1-3-26-21(22(25)27-4-2)13-15-6-5-7-17(12-15)19-14-20(28-24-19)16-8-10-18(23)11-9-16/h5-12,20-21H,3-4,13-14H2,1-2H3/t20?,21-/m0/s1. The second-order valence-corrected chi connectivity index (χ2v) is 6.92. The number of esters is 1. The predicted molar refractivity (Wildman–Crippen MR) is 109 cm³/mol. The third kappa shape index (κ3) is 5.12. The van der Waals surface area contributed by atoms with E-state index in [4.69, 9.17) is 25.9 Å². The van der Waals surface area contributed by atoms with Crippen molar-refractivity contribution in [2.45, 2.75) is 38.9 Å². The van der Waals surface area contributed by atoms with Crippen LogP contribution in [0.2, 0.25) is 5.02 Å². The van der Waals surface area contributed by atoms with Crippen molar-refractivity contribution in [2.24, 2.45) is 5.16 Å². The first-order valence-electron chi connectivity index (χ1n) is 9.46. The summed E-state index contributed by atoms with van der Waals surface area (Å²) in [5.41, 5.74) is 3.89. The molecule has 0 N–H and O–H groups in total. The van der Waals surface area contributed by atoms with E-state index < -0.39 is 6.10 Å². The van der Waals surface area contributed by atoms with E-state index in [9.17, 15) is 4.79 Å². The first kappa shape index (κ1) is 20.4. The first-order valence-corrected chi connectivity index (χ1v) is 9.84. The molecule has 148 valence electrons. The minimum Gasteiger partial charge on any atom is -0.464 e. The van der Waals surface area contributed by atoms with Gasteiger partial charge in [0.05, 0.1) is 12.3 Å². The molecule has 28 heavy (non-hydrogen) atoms. The molecule has 0 aliphatic carbocycles. The van der Waals surface area contributed by atoms with Crippen LogP contribution in [-0.4, -0.2) is 31.0 Å². The topological polar surface area (TPSA) is 57.1 Å². The van der Waals surface area contributed by atoms with E-state index in [1.165, 1.54) is 0 Å². The van der Waals surface area contributed by atoms with E-state index in [-0.39, 0.29) is 12.1 Å². The monoisotopic (exact) mass is 401 g/mol. The Labute approximate surface area is 170 Å². The fourth-order valence-corrected chi connectivity index (χ4v) is 3.27. The second kappa shape index (κ2) is 9.71. The van der Waals surface area contributed by atoms with Gasteiger partial charge in [-0.05, 0) is 48.7 Å². The summed E-state index contributed by atoms with van der Waals surface area (Å²) in [7, 11) is 0. The third-order valence-electron chi connectivity index (χ3n) is 4.51. The van der Waals surface area contributed by atoms with Gasteiger partial charge in [0, 0.05) is 24.5 Å². The zero-order chi connectivity index (χ0) is 19.9. The van der Waals surface area contributed by atoms with Gasteiger partial charge in [-0.1, -0.05) is 47.1 Å². The molecule has 2 aromatic carbocycles. The Bertz CT molecular complexity index is 835. The summed E-state index contributed by atoms with van der Waals surface area (Å²) in [5.74, 6) is -0.334. The number of rotatable bonds is 8. The molecule has 0 amide bonds.